The van der Waals surface area contributed by atoms with E-state index in [9.17, 15) is 0 Å². The maximum atomic E-state index is 2.42. The van der Waals surface area contributed by atoms with Gasteiger partial charge in [0.05, 0.1) is 0 Å². The van der Waals surface area contributed by atoms with Gasteiger partial charge in [0.2, 0.25) is 0 Å². The van der Waals surface area contributed by atoms with Gasteiger partial charge in [0.15, 0.2) is 0 Å². The van der Waals surface area contributed by atoms with Crippen molar-refractivity contribution < 1.29 is 0 Å². The summed E-state index contributed by atoms with van der Waals surface area (Å²) in [5.74, 6) is 5.46. The molecule has 2 aliphatic carbocycles. The highest BCUT2D eigenvalue weighted by atomic mass is 14.3. The van der Waals surface area contributed by atoms with Crippen molar-refractivity contribution in [1.82, 2.24) is 0 Å². The van der Waals surface area contributed by atoms with Crippen LogP contribution in [0.4, 0.5) is 0 Å². The zero-order valence-corrected chi connectivity index (χ0v) is 17.1. The third kappa shape index (κ3) is 5.11. The highest BCUT2D eigenvalue weighted by Gasteiger charge is 2.28. The first-order chi connectivity index (χ1) is 12.0. The van der Waals surface area contributed by atoms with E-state index < -0.39 is 0 Å². The van der Waals surface area contributed by atoms with Gasteiger partial charge in [-0.1, -0.05) is 64.8 Å². The van der Waals surface area contributed by atoms with Gasteiger partial charge in [-0.25, -0.2) is 0 Å². The monoisotopic (exact) mass is 340 g/mol. The van der Waals surface area contributed by atoms with Crippen molar-refractivity contribution in [2.45, 2.75) is 97.3 Å². The fourth-order valence-corrected chi connectivity index (χ4v) is 5.45. The van der Waals surface area contributed by atoms with E-state index in [0.29, 0.717) is 5.92 Å². The van der Waals surface area contributed by atoms with Gasteiger partial charge in [-0.3, -0.25) is 0 Å². The second-order valence-corrected chi connectivity index (χ2v) is 9.80. The fraction of sp³-hybridized carbons (Fsp3) is 0.760. The van der Waals surface area contributed by atoms with Crippen LogP contribution >= 0.6 is 0 Å². The summed E-state index contributed by atoms with van der Waals surface area (Å²) in [7, 11) is 0. The number of benzene rings is 1. The molecule has 140 valence electrons. The van der Waals surface area contributed by atoms with Crippen molar-refractivity contribution in [3.05, 3.63) is 35.4 Å². The molecule has 0 bridgehead atoms. The van der Waals surface area contributed by atoms with Crippen LogP contribution in [0.15, 0.2) is 24.3 Å². The van der Waals surface area contributed by atoms with Gasteiger partial charge in [0, 0.05) is 0 Å². The van der Waals surface area contributed by atoms with Crippen molar-refractivity contribution in [1.29, 1.82) is 0 Å². The molecule has 0 amide bonds. The third-order valence-electron chi connectivity index (χ3n) is 7.42. The fourth-order valence-electron chi connectivity index (χ4n) is 5.45. The summed E-state index contributed by atoms with van der Waals surface area (Å²) in [5.41, 5.74) is 3.08. The Balaban J connectivity index is 1.43. The SMILES string of the molecule is CC(C)c1ccc(C2CCC(CC3CCC(C(C)C)CC3)CC2)cc1. The molecule has 0 atom stereocenters. The van der Waals surface area contributed by atoms with E-state index in [1.54, 1.807) is 5.56 Å². The van der Waals surface area contributed by atoms with Gasteiger partial charge in [0.25, 0.3) is 0 Å². The standard InChI is InChI=1S/C25H40/c1-18(2)22-9-5-20(6-10-22)17-21-7-11-24(12-8-21)25-15-13-23(14-16-25)19(3)4/h13-16,18-22,24H,5-12,17H2,1-4H3. The molecular weight excluding hydrogens is 300 g/mol. The Morgan fingerprint density at radius 1 is 0.720 bits per heavy atom. The summed E-state index contributed by atoms with van der Waals surface area (Å²) in [4.78, 5) is 0. The smallest absolute Gasteiger partial charge is 0.0162 e. The Labute approximate surface area is 156 Å². The predicted molar refractivity (Wildman–Crippen MR) is 110 cm³/mol. The maximum Gasteiger partial charge on any atom is -0.0162 e. The molecule has 1 aromatic rings. The Morgan fingerprint density at radius 3 is 1.72 bits per heavy atom. The van der Waals surface area contributed by atoms with Crippen LogP contribution < -0.4 is 0 Å². The Hall–Kier alpha value is -0.780. The summed E-state index contributed by atoms with van der Waals surface area (Å²) in [6, 6.07) is 9.54. The molecule has 0 nitrogen and oxygen atoms in total. The second kappa shape index (κ2) is 8.74. The van der Waals surface area contributed by atoms with Crippen LogP contribution in [0.2, 0.25) is 0 Å². The van der Waals surface area contributed by atoms with Crippen LogP contribution in [0.3, 0.4) is 0 Å². The number of hydrogen-bond acceptors (Lipinski definition) is 0. The Bertz CT molecular complexity index is 493. The second-order valence-electron chi connectivity index (χ2n) is 9.80. The average molecular weight is 341 g/mol. The first-order valence-electron chi connectivity index (χ1n) is 11.1. The molecule has 0 radical (unpaired) electrons. The molecule has 2 aliphatic rings. The van der Waals surface area contributed by atoms with E-state index in [4.69, 9.17) is 0 Å². The summed E-state index contributed by atoms with van der Waals surface area (Å²) >= 11 is 0. The zero-order chi connectivity index (χ0) is 17.8. The molecule has 0 N–H and O–H groups in total. The predicted octanol–water partition coefficient (Wildman–Crippen LogP) is 7.94. The first-order valence-corrected chi connectivity index (χ1v) is 11.1. The topological polar surface area (TPSA) is 0 Å². The lowest BCUT2D eigenvalue weighted by Gasteiger charge is -2.35. The molecule has 25 heavy (non-hydrogen) atoms. The van der Waals surface area contributed by atoms with Gasteiger partial charge < -0.3 is 0 Å². The van der Waals surface area contributed by atoms with Crippen molar-refractivity contribution >= 4 is 0 Å². The van der Waals surface area contributed by atoms with Gasteiger partial charge in [-0.2, -0.15) is 0 Å². The first kappa shape index (κ1) is 19.0. The molecule has 3 rings (SSSR count). The summed E-state index contributed by atoms with van der Waals surface area (Å²) in [5, 5.41) is 0. The zero-order valence-electron chi connectivity index (χ0n) is 17.1. The quantitative estimate of drug-likeness (QED) is 0.510. The molecular formula is C25H40. The van der Waals surface area contributed by atoms with Crippen LogP contribution in [-0.2, 0) is 0 Å². The minimum atomic E-state index is 0.649. The van der Waals surface area contributed by atoms with E-state index in [1.165, 1.54) is 63.4 Å². The molecule has 1 aromatic carbocycles. The van der Waals surface area contributed by atoms with Gasteiger partial charge >= 0.3 is 0 Å². The van der Waals surface area contributed by atoms with Crippen molar-refractivity contribution in [2.75, 3.05) is 0 Å². The van der Waals surface area contributed by atoms with E-state index in [1.807, 2.05) is 0 Å². The van der Waals surface area contributed by atoms with E-state index in [2.05, 4.69) is 52.0 Å². The highest BCUT2D eigenvalue weighted by Crippen LogP contribution is 2.42. The van der Waals surface area contributed by atoms with Crippen LogP contribution in [0.25, 0.3) is 0 Å². The minimum Gasteiger partial charge on any atom is -0.0625 e. The van der Waals surface area contributed by atoms with Crippen LogP contribution in [0.1, 0.15) is 108 Å². The summed E-state index contributed by atoms with van der Waals surface area (Å²) in [6.07, 6.45) is 13.4. The molecule has 0 aromatic heterocycles. The number of rotatable bonds is 5. The van der Waals surface area contributed by atoms with Crippen molar-refractivity contribution in [3.8, 4) is 0 Å². The van der Waals surface area contributed by atoms with Crippen molar-refractivity contribution in [3.63, 3.8) is 0 Å². The normalized spacial score (nSPS) is 30.8. The molecule has 2 fully saturated rings. The highest BCUT2D eigenvalue weighted by molar-refractivity contribution is 5.27. The molecule has 0 aliphatic heterocycles. The summed E-state index contributed by atoms with van der Waals surface area (Å²) < 4.78 is 0. The van der Waals surface area contributed by atoms with Crippen LogP contribution in [0, 0.1) is 23.7 Å². The Morgan fingerprint density at radius 2 is 1.24 bits per heavy atom. The maximum absolute atomic E-state index is 2.42. The Kier molecular flexibility index (Phi) is 6.64. The number of hydrogen-bond donors (Lipinski definition) is 0. The third-order valence-corrected chi connectivity index (χ3v) is 7.42. The molecule has 0 saturated heterocycles. The van der Waals surface area contributed by atoms with Gasteiger partial charge in [-0.15, -0.1) is 0 Å². The lowest BCUT2D eigenvalue weighted by atomic mass is 9.71. The molecule has 2 saturated carbocycles. The van der Waals surface area contributed by atoms with Crippen molar-refractivity contribution in [2.24, 2.45) is 23.7 Å². The minimum absolute atomic E-state index is 0.649. The molecule has 0 spiro atoms. The van der Waals surface area contributed by atoms with Gasteiger partial charge in [-0.05, 0) is 91.6 Å². The van der Waals surface area contributed by atoms with E-state index >= 15 is 0 Å². The largest absolute Gasteiger partial charge is 0.0625 e. The lowest BCUT2D eigenvalue weighted by Crippen LogP contribution is -2.22. The summed E-state index contributed by atoms with van der Waals surface area (Å²) in [6.45, 7) is 9.41. The average Bonchev–Trinajstić information content (AvgIpc) is 2.63. The molecule has 0 heterocycles. The van der Waals surface area contributed by atoms with Gasteiger partial charge in [0.1, 0.15) is 0 Å². The molecule has 0 heteroatoms. The lowest BCUT2D eigenvalue weighted by molar-refractivity contribution is 0.181. The van der Waals surface area contributed by atoms with Crippen LogP contribution in [0.5, 0.6) is 0 Å². The van der Waals surface area contributed by atoms with E-state index in [-0.39, 0.29) is 0 Å². The van der Waals surface area contributed by atoms with Crippen LogP contribution in [-0.4, -0.2) is 0 Å². The molecule has 0 unspecified atom stereocenters. The van der Waals surface area contributed by atoms with E-state index in [0.717, 1.165) is 29.6 Å².